The first-order valence-corrected chi connectivity index (χ1v) is 7.51. The molecule has 0 atom stereocenters. The van der Waals surface area contributed by atoms with Crippen LogP contribution in [0.15, 0.2) is 30.5 Å². The molecule has 0 saturated heterocycles. The minimum Gasteiger partial charge on any atom is -0.286 e. The van der Waals surface area contributed by atoms with Gasteiger partial charge in [0.1, 0.15) is 11.3 Å². The van der Waals surface area contributed by atoms with Crippen molar-refractivity contribution < 1.29 is 18.8 Å². The lowest BCUT2D eigenvalue weighted by molar-refractivity contribution is -0.0373. The molecule has 0 aliphatic rings. The number of fused-ring (bicyclic) bond motifs is 1. The molecule has 0 unspecified atom stereocenters. The Morgan fingerprint density at radius 3 is 2.56 bits per heavy atom. The number of carbonyl (C=O) groups excluding carboxylic acids is 1. The third-order valence-electron chi connectivity index (χ3n) is 4.05. The van der Waals surface area contributed by atoms with Crippen LogP contribution in [-0.2, 0) is 0 Å². The van der Waals surface area contributed by atoms with E-state index in [2.05, 4.69) is 10.1 Å². The van der Waals surface area contributed by atoms with Crippen LogP contribution in [0.25, 0.3) is 16.9 Å². The van der Waals surface area contributed by atoms with Crippen LogP contribution in [0.1, 0.15) is 33.6 Å². The summed E-state index contributed by atoms with van der Waals surface area (Å²) >= 11 is 0. The van der Waals surface area contributed by atoms with Gasteiger partial charge in [-0.1, -0.05) is 12.1 Å². The van der Waals surface area contributed by atoms with Crippen molar-refractivity contribution in [2.24, 2.45) is 0 Å². The van der Waals surface area contributed by atoms with E-state index in [1.165, 1.54) is 6.07 Å². The Morgan fingerprint density at radius 1 is 1.24 bits per heavy atom. The lowest BCUT2D eigenvalue weighted by Gasteiger charge is -2.10. The van der Waals surface area contributed by atoms with Crippen LogP contribution in [0.4, 0.5) is 8.78 Å². The van der Waals surface area contributed by atoms with Crippen molar-refractivity contribution >= 4 is 11.6 Å². The fourth-order valence-corrected chi connectivity index (χ4v) is 2.52. The molecular weight excluding hydrogens is 330 g/mol. The molecule has 0 aliphatic carbocycles. The number of rotatable bonds is 3. The fraction of sp³-hybridized carbons (Fsp3) is 0.235. The average Bonchev–Trinajstić information content (AvgIpc) is 2.99. The summed E-state index contributed by atoms with van der Waals surface area (Å²) in [7, 11) is 1.15. The molecule has 2 heterocycles. The molecule has 0 bridgehead atoms. The van der Waals surface area contributed by atoms with Gasteiger partial charge in [-0.25, -0.2) is 23.3 Å². The maximum absolute atomic E-state index is 13.5. The zero-order chi connectivity index (χ0) is 18.3. The SMILES string of the molecule is Cc1ccc(-c2cc(C(F)F)n3ncc(C(=O)N(C)O)c3n2)cc1C. The van der Waals surface area contributed by atoms with Gasteiger partial charge < -0.3 is 0 Å². The van der Waals surface area contributed by atoms with Crippen molar-refractivity contribution in [3.8, 4) is 11.3 Å². The summed E-state index contributed by atoms with van der Waals surface area (Å²) in [5, 5.41) is 13.5. The smallest absolute Gasteiger partial charge is 0.282 e. The van der Waals surface area contributed by atoms with Gasteiger partial charge in [-0.05, 0) is 37.1 Å². The van der Waals surface area contributed by atoms with E-state index in [0.29, 0.717) is 16.3 Å². The van der Waals surface area contributed by atoms with Crippen LogP contribution in [-0.4, -0.2) is 37.8 Å². The predicted octanol–water partition coefficient (Wildman–Crippen LogP) is 3.41. The number of carbonyl (C=O) groups is 1. The molecule has 3 rings (SSSR count). The molecule has 0 fully saturated rings. The van der Waals surface area contributed by atoms with Gasteiger partial charge >= 0.3 is 0 Å². The molecular formula is C17H16F2N4O2. The largest absolute Gasteiger partial charge is 0.286 e. The molecule has 6 nitrogen and oxygen atoms in total. The lowest BCUT2D eigenvalue weighted by atomic mass is 10.0. The van der Waals surface area contributed by atoms with E-state index in [-0.39, 0.29) is 16.9 Å². The second-order valence-electron chi connectivity index (χ2n) is 5.79. The number of hydroxylamine groups is 2. The summed E-state index contributed by atoms with van der Waals surface area (Å²) in [6, 6.07) is 6.76. The molecule has 2 aromatic heterocycles. The van der Waals surface area contributed by atoms with Crippen molar-refractivity contribution in [1.82, 2.24) is 19.7 Å². The summed E-state index contributed by atoms with van der Waals surface area (Å²) < 4.78 is 27.9. The average molecular weight is 346 g/mol. The van der Waals surface area contributed by atoms with Gasteiger partial charge in [0.05, 0.1) is 11.9 Å². The zero-order valence-electron chi connectivity index (χ0n) is 13.9. The van der Waals surface area contributed by atoms with Crippen molar-refractivity contribution in [3.63, 3.8) is 0 Å². The number of alkyl halides is 2. The Labute approximate surface area is 142 Å². The summed E-state index contributed by atoms with van der Waals surface area (Å²) in [5.74, 6) is -0.778. The van der Waals surface area contributed by atoms with Gasteiger partial charge in [-0.3, -0.25) is 10.0 Å². The number of benzene rings is 1. The topological polar surface area (TPSA) is 70.7 Å². The molecule has 0 aliphatic heterocycles. The van der Waals surface area contributed by atoms with E-state index in [9.17, 15) is 18.8 Å². The van der Waals surface area contributed by atoms with Crippen LogP contribution < -0.4 is 0 Å². The molecule has 0 saturated carbocycles. The summed E-state index contributed by atoms with van der Waals surface area (Å²) in [4.78, 5) is 16.4. The highest BCUT2D eigenvalue weighted by Crippen LogP contribution is 2.28. The van der Waals surface area contributed by atoms with E-state index >= 15 is 0 Å². The third-order valence-corrected chi connectivity index (χ3v) is 4.05. The molecule has 8 heteroatoms. The maximum atomic E-state index is 13.5. The lowest BCUT2D eigenvalue weighted by Crippen LogP contribution is -2.22. The quantitative estimate of drug-likeness (QED) is 0.583. The number of halogens is 2. The third kappa shape index (κ3) is 2.96. The Morgan fingerprint density at radius 2 is 1.96 bits per heavy atom. The first-order chi connectivity index (χ1) is 11.8. The normalized spacial score (nSPS) is 11.3. The van der Waals surface area contributed by atoms with Gasteiger partial charge in [0.15, 0.2) is 5.65 Å². The minimum absolute atomic E-state index is 0.0306. The molecule has 1 N–H and O–H groups in total. The molecule has 1 aromatic carbocycles. The predicted molar refractivity (Wildman–Crippen MR) is 86.7 cm³/mol. The first-order valence-electron chi connectivity index (χ1n) is 7.51. The highest BCUT2D eigenvalue weighted by molar-refractivity contribution is 5.99. The second kappa shape index (κ2) is 6.21. The number of hydrogen-bond acceptors (Lipinski definition) is 4. The van der Waals surface area contributed by atoms with E-state index in [4.69, 9.17) is 0 Å². The number of aromatic nitrogens is 3. The second-order valence-corrected chi connectivity index (χ2v) is 5.79. The van der Waals surface area contributed by atoms with E-state index in [0.717, 1.165) is 28.9 Å². The van der Waals surface area contributed by atoms with E-state index in [1.807, 2.05) is 26.0 Å². The van der Waals surface area contributed by atoms with Gasteiger partial charge in [0.25, 0.3) is 12.3 Å². The Balaban J connectivity index is 2.27. The molecule has 130 valence electrons. The van der Waals surface area contributed by atoms with Crippen LogP contribution >= 0.6 is 0 Å². The van der Waals surface area contributed by atoms with Crippen molar-refractivity contribution in [2.45, 2.75) is 20.3 Å². The van der Waals surface area contributed by atoms with Crippen LogP contribution in [0.5, 0.6) is 0 Å². The Bertz CT molecular complexity index is 967. The van der Waals surface area contributed by atoms with Gasteiger partial charge in [-0.2, -0.15) is 5.10 Å². The maximum Gasteiger partial charge on any atom is 0.282 e. The summed E-state index contributed by atoms with van der Waals surface area (Å²) in [5.41, 5.74) is 2.57. The highest BCUT2D eigenvalue weighted by atomic mass is 19.3. The van der Waals surface area contributed by atoms with Gasteiger partial charge in [0, 0.05) is 12.6 Å². The van der Waals surface area contributed by atoms with E-state index < -0.39 is 12.3 Å². The molecule has 25 heavy (non-hydrogen) atoms. The van der Waals surface area contributed by atoms with Crippen molar-refractivity contribution in [1.29, 1.82) is 0 Å². The fourth-order valence-electron chi connectivity index (χ4n) is 2.52. The number of amides is 1. The number of hydrogen-bond donors (Lipinski definition) is 1. The Hall–Kier alpha value is -2.87. The van der Waals surface area contributed by atoms with E-state index in [1.54, 1.807) is 6.07 Å². The molecule has 3 aromatic rings. The summed E-state index contributed by atoms with van der Waals surface area (Å²) in [6.07, 6.45) is -1.68. The molecule has 0 spiro atoms. The standard InChI is InChI=1S/C17H16F2N4O2/c1-9-4-5-11(6-10(9)2)13-7-14(15(18)19)23-16(21-13)12(8-20-23)17(24)22(3)25/h4-8,15,25H,1-3H3. The summed E-state index contributed by atoms with van der Waals surface area (Å²) in [6.45, 7) is 3.87. The van der Waals surface area contributed by atoms with Crippen molar-refractivity contribution in [3.05, 3.63) is 52.8 Å². The van der Waals surface area contributed by atoms with Gasteiger partial charge in [-0.15, -0.1) is 0 Å². The zero-order valence-corrected chi connectivity index (χ0v) is 13.9. The Kier molecular flexibility index (Phi) is 4.22. The monoisotopic (exact) mass is 346 g/mol. The minimum atomic E-state index is -2.80. The van der Waals surface area contributed by atoms with Gasteiger partial charge in [0.2, 0.25) is 0 Å². The number of nitrogens with zero attached hydrogens (tertiary/aromatic N) is 4. The van der Waals surface area contributed by atoms with Crippen LogP contribution in [0.2, 0.25) is 0 Å². The number of aryl methyl sites for hydroxylation is 2. The molecule has 0 radical (unpaired) electrons. The van der Waals surface area contributed by atoms with Crippen LogP contribution in [0, 0.1) is 13.8 Å². The first kappa shape index (κ1) is 17.0. The van der Waals surface area contributed by atoms with Crippen LogP contribution in [0.3, 0.4) is 0 Å². The molecule has 1 amide bonds. The van der Waals surface area contributed by atoms with Crippen molar-refractivity contribution in [2.75, 3.05) is 7.05 Å². The highest BCUT2D eigenvalue weighted by Gasteiger charge is 2.22.